The van der Waals surface area contributed by atoms with E-state index < -0.39 is 0 Å². The average molecular weight is 422 g/mol. The van der Waals surface area contributed by atoms with Gasteiger partial charge in [-0.1, -0.05) is 53.6 Å². The second kappa shape index (κ2) is 10.6. The summed E-state index contributed by atoms with van der Waals surface area (Å²) in [6.45, 7) is 4.08. The molecule has 4 atom stereocenters. The molecule has 1 saturated carbocycles. The van der Waals surface area contributed by atoms with Crippen LogP contribution >= 0.6 is 0 Å². The maximum absolute atomic E-state index is 12.2. The predicted molar refractivity (Wildman–Crippen MR) is 127 cm³/mol. The molecular formula is C28H39NO2. The summed E-state index contributed by atoms with van der Waals surface area (Å²) in [4.78, 5) is 14.2. The number of likely N-dealkylation sites (tertiary alicyclic amines) is 1. The molecule has 0 bridgehead atoms. The van der Waals surface area contributed by atoms with Gasteiger partial charge in [0.2, 0.25) is 5.91 Å². The number of aryl methyl sites for hydroxylation is 2. The van der Waals surface area contributed by atoms with E-state index in [1.165, 1.54) is 24.0 Å². The lowest BCUT2D eigenvalue weighted by Crippen LogP contribution is -2.27. The van der Waals surface area contributed by atoms with Crippen molar-refractivity contribution in [3.05, 3.63) is 59.2 Å². The molecule has 168 valence electrons. The van der Waals surface area contributed by atoms with Crippen LogP contribution < -0.4 is 0 Å². The molecule has 1 aliphatic heterocycles. The van der Waals surface area contributed by atoms with Crippen molar-refractivity contribution >= 4 is 5.91 Å². The fraction of sp³-hybridized carbons (Fsp3) is 0.607. The second-order valence-corrected chi connectivity index (χ2v) is 9.99. The quantitative estimate of drug-likeness (QED) is 0.416. The minimum Gasteiger partial charge on any atom is -0.392 e. The Balaban J connectivity index is 1.18. The van der Waals surface area contributed by atoms with E-state index in [1.54, 1.807) is 5.57 Å². The first-order valence-corrected chi connectivity index (χ1v) is 12.5. The van der Waals surface area contributed by atoms with Gasteiger partial charge in [0.15, 0.2) is 0 Å². The number of hydrogen-bond donors (Lipinski definition) is 1. The van der Waals surface area contributed by atoms with Crippen LogP contribution in [-0.4, -0.2) is 35.1 Å². The van der Waals surface area contributed by atoms with Crippen LogP contribution in [0.3, 0.4) is 0 Å². The summed E-state index contributed by atoms with van der Waals surface area (Å²) in [5.41, 5.74) is 4.27. The number of aliphatic hydroxyl groups excluding tert-OH is 1. The van der Waals surface area contributed by atoms with Crippen molar-refractivity contribution in [3.63, 3.8) is 0 Å². The molecule has 3 heteroatoms. The van der Waals surface area contributed by atoms with Gasteiger partial charge in [0.05, 0.1) is 6.10 Å². The van der Waals surface area contributed by atoms with Gasteiger partial charge in [0, 0.05) is 25.4 Å². The highest BCUT2D eigenvalue weighted by molar-refractivity contribution is 5.76. The lowest BCUT2D eigenvalue weighted by atomic mass is 9.88. The van der Waals surface area contributed by atoms with Gasteiger partial charge in [-0.2, -0.15) is 0 Å². The molecule has 0 aromatic heterocycles. The molecule has 0 radical (unpaired) electrons. The highest BCUT2D eigenvalue weighted by Gasteiger charge is 2.43. The molecule has 1 amide bonds. The van der Waals surface area contributed by atoms with Crippen molar-refractivity contribution < 1.29 is 9.90 Å². The van der Waals surface area contributed by atoms with Gasteiger partial charge in [-0.25, -0.2) is 0 Å². The largest absolute Gasteiger partial charge is 0.392 e. The average Bonchev–Trinajstić information content (AvgIpc) is 3.46. The number of unbranched alkanes of at least 4 members (excludes halogenated alkanes) is 1. The zero-order valence-corrected chi connectivity index (χ0v) is 19.1. The molecule has 0 spiro atoms. The summed E-state index contributed by atoms with van der Waals surface area (Å²) >= 11 is 0. The molecule has 3 aliphatic rings. The number of fused-ring (bicyclic) bond motifs is 1. The van der Waals surface area contributed by atoms with Crippen molar-refractivity contribution in [2.45, 2.75) is 77.2 Å². The minimum absolute atomic E-state index is 0.193. The van der Waals surface area contributed by atoms with Crippen molar-refractivity contribution in [1.29, 1.82) is 0 Å². The number of amides is 1. The van der Waals surface area contributed by atoms with Gasteiger partial charge in [0.25, 0.3) is 0 Å². The van der Waals surface area contributed by atoms with E-state index in [2.05, 4.69) is 49.4 Å². The first-order valence-electron chi connectivity index (χ1n) is 12.5. The standard InChI is InChI=1S/C28H39NO2/c1-21-9-8-12-22(17-21)10-2-4-13-25-26-19-23(18-24(26)20-27(25)30)11-3-5-14-28(31)29-15-6-7-16-29/h4,8-9,12-13,17-18,24-27,30H,2-3,5-7,10-11,14-16,19-20H2,1H3/b13-4+/t24-,25+,26-,27+/m0/s1. The highest BCUT2D eigenvalue weighted by atomic mass is 16.3. The van der Waals surface area contributed by atoms with E-state index in [-0.39, 0.29) is 6.10 Å². The van der Waals surface area contributed by atoms with Crippen LogP contribution in [0.15, 0.2) is 48.1 Å². The number of carbonyl (C=O) groups is 1. The number of nitrogens with zero attached hydrogens (tertiary/aromatic N) is 1. The van der Waals surface area contributed by atoms with Crippen LogP contribution in [0.5, 0.6) is 0 Å². The molecule has 1 aromatic carbocycles. The van der Waals surface area contributed by atoms with Gasteiger partial charge < -0.3 is 10.0 Å². The van der Waals surface area contributed by atoms with Crippen LogP contribution in [0, 0.1) is 24.7 Å². The van der Waals surface area contributed by atoms with Crippen molar-refractivity contribution in [1.82, 2.24) is 4.90 Å². The molecule has 31 heavy (non-hydrogen) atoms. The Labute approximate surface area is 188 Å². The highest BCUT2D eigenvalue weighted by Crippen LogP contribution is 2.48. The van der Waals surface area contributed by atoms with Crippen molar-refractivity contribution in [2.24, 2.45) is 17.8 Å². The Morgan fingerprint density at radius 1 is 1.19 bits per heavy atom. The number of aliphatic hydroxyl groups is 1. The molecule has 0 unspecified atom stereocenters. The molecule has 1 N–H and O–H groups in total. The van der Waals surface area contributed by atoms with Crippen molar-refractivity contribution in [2.75, 3.05) is 13.1 Å². The Morgan fingerprint density at radius 2 is 2.03 bits per heavy atom. The number of carbonyl (C=O) groups excluding carboxylic acids is 1. The van der Waals surface area contributed by atoms with E-state index in [0.29, 0.717) is 30.1 Å². The molecule has 1 saturated heterocycles. The topological polar surface area (TPSA) is 40.5 Å². The summed E-state index contributed by atoms with van der Waals surface area (Å²) in [6.07, 6.45) is 17.3. The van der Waals surface area contributed by atoms with Crippen LogP contribution in [0.2, 0.25) is 0 Å². The summed E-state index contributed by atoms with van der Waals surface area (Å²) in [6, 6.07) is 8.74. The van der Waals surface area contributed by atoms with Crippen molar-refractivity contribution in [3.8, 4) is 0 Å². The SMILES string of the molecule is Cc1cccc(CC/C=C/[C@@H]2[C@H]3CC(CCCCC(=O)N4CCCC4)=C[C@H]3C[C@H]2O)c1. The number of rotatable bonds is 9. The minimum atomic E-state index is -0.193. The van der Waals surface area contributed by atoms with E-state index in [9.17, 15) is 9.90 Å². The predicted octanol–water partition coefficient (Wildman–Crippen LogP) is 5.61. The van der Waals surface area contributed by atoms with Gasteiger partial charge in [-0.05, 0) is 82.1 Å². The third kappa shape index (κ3) is 5.88. The zero-order chi connectivity index (χ0) is 21.6. The zero-order valence-electron chi connectivity index (χ0n) is 19.1. The van der Waals surface area contributed by atoms with Gasteiger partial charge >= 0.3 is 0 Å². The Kier molecular flexibility index (Phi) is 7.66. The molecule has 1 aromatic rings. The monoisotopic (exact) mass is 421 g/mol. The lowest BCUT2D eigenvalue weighted by Gasteiger charge is -2.18. The third-order valence-corrected chi connectivity index (χ3v) is 7.59. The van der Waals surface area contributed by atoms with Gasteiger partial charge in [0.1, 0.15) is 0 Å². The Bertz CT molecular complexity index is 805. The van der Waals surface area contributed by atoms with E-state index >= 15 is 0 Å². The van der Waals surface area contributed by atoms with Crippen LogP contribution in [0.25, 0.3) is 0 Å². The third-order valence-electron chi connectivity index (χ3n) is 7.59. The fourth-order valence-corrected chi connectivity index (χ4v) is 5.91. The fourth-order valence-electron chi connectivity index (χ4n) is 5.91. The number of hydrogen-bond acceptors (Lipinski definition) is 2. The maximum atomic E-state index is 12.2. The summed E-state index contributed by atoms with van der Waals surface area (Å²) in [5, 5.41) is 10.6. The second-order valence-electron chi connectivity index (χ2n) is 9.99. The van der Waals surface area contributed by atoms with Crippen LogP contribution in [0.1, 0.15) is 68.9 Å². The number of allylic oxidation sites excluding steroid dienone is 3. The van der Waals surface area contributed by atoms with E-state index in [4.69, 9.17) is 0 Å². The normalized spacial score (nSPS) is 27.8. The van der Waals surface area contributed by atoms with E-state index in [0.717, 1.165) is 58.0 Å². The molecule has 2 fully saturated rings. The smallest absolute Gasteiger partial charge is 0.222 e. The molecule has 4 rings (SSSR count). The summed E-state index contributed by atoms with van der Waals surface area (Å²) in [7, 11) is 0. The van der Waals surface area contributed by atoms with Crippen LogP contribution in [-0.2, 0) is 11.2 Å². The van der Waals surface area contributed by atoms with E-state index in [1.807, 2.05) is 4.90 Å². The summed E-state index contributed by atoms with van der Waals surface area (Å²) < 4.78 is 0. The molecular weight excluding hydrogens is 382 g/mol. The van der Waals surface area contributed by atoms with Crippen LogP contribution in [0.4, 0.5) is 0 Å². The van der Waals surface area contributed by atoms with Gasteiger partial charge in [-0.15, -0.1) is 0 Å². The molecule has 2 aliphatic carbocycles. The molecule has 1 heterocycles. The lowest BCUT2D eigenvalue weighted by molar-refractivity contribution is -0.130. The Hall–Kier alpha value is -1.87. The van der Waals surface area contributed by atoms with Gasteiger partial charge in [-0.3, -0.25) is 4.79 Å². The first-order chi connectivity index (χ1) is 15.1. The molecule has 3 nitrogen and oxygen atoms in total. The summed E-state index contributed by atoms with van der Waals surface area (Å²) in [5.74, 6) is 1.77. The maximum Gasteiger partial charge on any atom is 0.222 e. The first kappa shape index (κ1) is 22.3. The number of benzene rings is 1. The Morgan fingerprint density at radius 3 is 2.84 bits per heavy atom.